The van der Waals surface area contributed by atoms with E-state index in [-0.39, 0.29) is 5.56 Å². The maximum absolute atomic E-state index is 16.5. The van der Waals surface area contributed by atoms with Gasteiger partial charge < -0.3 is 13.7 Å². The van der Waals surface area contributed by atoms with Gasteiger partial charge in [-0.1, -0.05) is 60.3 Å². The van der Waals surface area contributed by atoms with Crippen LogP contribution in [0.25, 0.3) is 17.0 Å². The maximum atomic E-state index is 16.5. The van der Waals surface area contributed by atoms with Crippen molar-refractivity contribution in [1.82, 2.24) is 4.23 Å². The van der Waals surface area contributed by atoms with Crippen LogP contribution in [0.4, 0.5) is 8.78 Å². The number of nitriles is 1. The minimum Gasteiger partial charge on any atom is -0.373 e. The molecule has 0 bridgehead atoms. The molecule has 0 aliphatic carbocycles. The number of hydrogen-bond donors (Lipinski definition) is 0. The first-order valence-electron chi connectivity index (χ1n) is 14.0. The molecule has 208 valence electrons. The molecule has 0 N–H and O–H groups in total. The molecular weight excluding hydrogens is 510 g/mol. The van der Waals surface area contributed by atoms with Crippen LogP contribution in [0.15, 0.2) is 43.1 Å². The van der Waals surface area contributed by atoms with E-state index in [0.717, 1.165) is 23.7 Å². The van der Waals surface area contributed by atoms with Gasteiger partial charge in [-0.15, -0.1) is 0 Å². The summed E-state index contributed by atoms with van der Waals surface area (Å²) in [6.45, 7) is 18.3. The van der Waals surface area contributed by atoms with Crippen molar-refractivity contribution in [2.45, 2.75) is 89.8 Å². The highest BCUT2D eigenvalue weighted by molar-refractivity contribution is 6.82. The summed E-state index contributed by atoms with van der Waals surface area (Å²) < 4.78 is 45.4. The summed E-state index contributed by atoms with van der Waals surface area (Å²) in [5.41, 5.74) is 3.53. The molecule has 0 spiro atoms. The van der Waals surface area contributed by atoms with Crippen molar-refractivity contribution in [3.8, 4) is 6.07 Å². The van der Waals surface area contributed by atoms with Crippen LogP contribution in [-0.2, 0) is 9.47 Å². The zero-order valence-electron chi connectivity index (χ0n) is 23.9. The molecule has 1 aliphatic rings. The summed E-state index contributed by atoms with van der Waals surface area (Å²) in [5, 5.41) is 10.4. The molecule has 1 saturated heterocycles. The third-order valence-electron chi connectivity index (χ3n) is 8.52. The van der Waals surface area contributed by atoms with E-state index in [4.69, 9.17) is 9.47 Å². The summed E-state index contributed by atoms with van der Waals surface area (Å²) in [7, 11) is -2.15. The predicted molar refractivity (Wildman–Crippen MR) is 156 cm³/mol. The predicted octanol–water partition coefficient (Wildman–Crippen LogP) is 9.09. The lowest BCUT2D eigenvalue weighted by atomic mass is 9.92. The minimum atomic E-state index is -2.15. The lowest BCUT2D eigenvalue weighted by molar-refractivity contribution is -0.181. The largest absolute Gasteiger partial charge is 0.373 e. The molecule has 2 heterocycles. The monoisotopic (exact) mass is 550 g/mol. The second kappa shape index (κ2) is 11.8. The van der Waals surface area contributed by atoms with Gasteiger partial charge in [0.15, 0.2) is 14.5 Å². The van der Waals surface area contributed by atoms with E-state index in [0.29, 0.717) is 46.3 Å². The Hall–Kier alpha value is -2.79. The number of rotatable bonds is 9. The van der Waals surface area contributed by atoms with E-state index in [1.807, 2.05) is 6.07 Å². The van der Waals surface area contributed by atoms with Gasteiger partial charge in [-0.25, -0.2) is 8.78 Å². The summed E-state index contributed by atoms with van der Waals surface area (Å²) in [6, 6.07) is 9.81. The van der Waals surface area contributed by atoms with Crippen LogP contribution < -0.4 is 0 Å². The molecule has 0 saturated carbocycles. The molecule has 1 aliphatic heterocycles. The third-order valence-corrected chi connectivity index (χ3v) is 15.3. The molecule has 7 heteroatoms. The van der Waals surface area contributed by atoms with Crippen LogP contribution in [0.1, 0.15) is 89.2 Å². The van der Waals surface area contributed by atoms with E-state index in [9.17, 15) is 9.65 Å². The van der Waals surface area contributed by atoms with E-state index in [1.165, 1.54) is 12.1 Å². The average Bonchev–Trinajstić information content (AvgIpc) is 3.30. The van der Waals surface area contributed by atoms with Gasteiger partial charge in [-0.2, -0.15) is 5.26 Å². The number of halogens is 2. The van der Waals surface area contributed by atoms with Crippen LogP contribution in [0.2, 0.25) is 16.6 Å². The fourth-order valence-electron chi connectivity index (χ4n) is 7.02. The molecule has 2 atom stereocenters. The Balaban J connectivity index is 1.97. The van der Waals surface area contributed by atoms with Gasteiger partial charge in [0, 0.05) is 23.1 Å². The number of nitrogens with zero attached hydrogens (tertiary/aromatic N) is 2. The van der Waals surface area contributed by atoms with Crippen molar-refractivity contribution < 1.29 is 18.3 Å². The van der Waals surface area contributed by atoms with E-state index >= 15 is 4.39 Å². The number of ether oxygens (including phenoxy) is 2. The Morgan fingerprint density at radius 3 is 2.31 bits per heavy atom. The summed E-state index contributed by atoms with van der Waals surface area (Å²) in [4.78, 5) is 0. The first kappa shape index (κ1) is 29.2. The molecule has 39 heavy (non-hydrogen) atoms. The number of hydrogen-bond acceptors (Lipinski definition) is 3. The van der Waals surface area contributed by atoms with Crippen LogP contribution in [0, 0.1) is 23.0 Å². The van der Waals surface area contributed by atoms with Crippen molar-refractivity contribution in [2.75, 3.05) is 6.61 Å². The van der Waals surface area contributed by atoms with Crippen LogP contribution in [0.5, 0.6) is 0 Å². The fraction of sp³-hybridized carbons (Fsp3) is 0.469. The lowest BCUT2D eigenvalue weighted by Crippen LogP contribution is -2.51. The Labute approximate surface area is 232 Å². The van der Waals surface area contributed by atoms with E-state index in [1.54, 1.807) is 18.2 Å². The van der Waals surface area contributed by atoms with Crippen LogP contribution in [0.3, 0.4) is 0 Å². The molecule has 3 aromatic rings. The van der Waals surface area contributed by atoms with Gasteiger partial charge in [-0.05, 0) is 77.5 Å². The zero-order chi connectivity index (χ0) is 28.5. The first-order chi connectivity index (χ1) is 18.6. The zero-order valence-corrected chi connectivity index (χ0v) is 24.9. The van der Waals surface area contributed by atoms with Gasteiger partial charge in [0.2, 0.25) is 0 Å². The highest BCUT2D eigenvalue weighted by Gasteiger charge is 2.46. The molecule has 2 aromatic carbocycles. The molecule has 1 aromatic heterocycles. The number of aromatic nitrogens is 1. The Bertz CT molecular complexity index is 1360. The van der Waals surface area contributed by atoms with E-state index < -0.39 is 32.3 Å². The lowest BCUT2D eigenvalue weighted by Gasteiger charge is -2.44. The topological polar surface area (TPSA) is 47.2 Å². The standard InChI is InChI=1S/C32H40F2N2O2Si/c1-8-25-26-14-15-36(39(20(2)3,21(4)5)22(6)7)29(26)18-28(34)31(25)32(38-30-11-9-10-16-37-30)23-12-13-27(33)24(17-23)19-35/h8,12-15,17-18,20-22,30,32H,1,9-11,16H2,2-7H3. The van der Waals surface area contributed by atoms with Crippen molar-refractivity contribution in [2.24, 2.45) is 0 Å². The number of fused-ring (bicyclic) bond motifs is 1. The highest BCUT2D eigenvalue weighted by Crippen LogP contribution is 2.46. The molecule has 0 amide bonds. The third kappa shape index (κ3) is 5.10. The second-order valence-corrected chi connectivity index (χ2v) is 17.2. The molecule has 1 fully saturated rings. The summed E-state index contributed by atoms with van der Waals surface area (Å²) in [6.07, 6.45) is 4.94. The van der Waals surface area contributed by atoms with Gasteiger partial charge in [0.1, 0.15) is 23.8 Å². The highest BCUT2D eigenvalue weighted by atomic mass is 28.3. The van der Waals surface area contributed by atoms with Crippen LogP contribution >= 0.6 is 0 Å². The molecule has 4 nitrogen and oxygen atoms in total. The molecular formula is C32H40F2N2O2Si. The molecule has 4 rings (SSSR count). The van der Waals surface area contributed by atoms with Gasteiger partial charge in [-0.3, -0.25) is 0 Å². The van der Waals surface area contributed by atoms with Gasteiger partial charge in [0.25, 0.3) is 0 Å². The quantitative estimate of drug-likeness (QED) is 0.250. The normalized spacial score (nSPS) is 17.2. The van der Waals surface area contributed by atoms with Gasteiger partial charge in [0.05, 0.1) is 5.56 Å². The maximum Gasteiger partial charge on any atom is 0.169 e. The van der Waals surface area contributed by atoms with Crippen molar-refractivity contribution >= 4 is 25.2 Å². The van der Waals surface area contributed by atoms with Gasteiger partial charge >= 0.3 is 0 Å². The van der Waals surface area contributed by atoms with E-state index in [2.05, 4.69) is 64.6 Å². The van der Waals surface area contributed by atoms with Crippen molar-refractivity contribution in [1.29, 1.82) is 5.26 Å². The fourth-order valence-corrected chi connectivity index (χ4v) is 13.6. The summed E-state index contributed by atoms with van der Waals surface area (Å²) in [5.74, 6) is -1.04. The first-order valence-corrected chi connectivity index (χ1v) is 16.2. The number of benzene rings is 2. The Morgan fingerprint density at radius 1 is 1.05 bits per heavy atom. The van der Waals surface area contributed by atoms with Crippen molar-refractivity contribution in [3.05, 3.63) is 77.0 Å². The average molecular weight is 551 g/mol. The second-order valence-electron chi connectivity index (χ2n) is 11.5. The minimum absolute atomic E-state index is 0.111. The summed E-state index contributed by atoms with van der Waals surface area (Å²) >= 11 is 0. The van der Waals surface area contributed by atoms with Crippen molar-refractivity contribution in [3.63, 3.8) is 0 Å². The Kier molecular flexibility index (Phi) is 8.80. The SMILES string of the molecule is C=Cc1c(C(OC2CCCCO2)c2ccc(F)c(C#N)c2)c(F)cc2c1ccn2[Si](C(C)C)(C(C)C)C(C)C. The smallest absolute Gasteiger partial charge is 0.169 e. The molecule has 0 radical (unpaired) electrons. The molecule has 2 unspecified atom stereocenters. The Morgan fingerprint density at radius 2 is 1.74 bits per heavy atom. The van der Waals surface area contributed by atoms with Crippen LogP contribution in [-0.4, -0.2) is 25.4 Å².